The summed E-state index contributed by atoms with van der Waals surface area (Å²) in [5.74, 6) is 0.709. The monoisotopic (exact) mass is 975 g/mol. The molecule has 0 N–H and O–H groups in total. The third-order valence-electron chi connectivity index (χ3n) is 15.0. The number of hydrogen-bond acceptors (Lipinski definition) is 0. The topological polar surface area (TPSA) is 0 Å². The average molecular weight is 978 g/mol. The Kier molecular flexibility index (Phi) is 12.6. The third kappa shape index (κ3) is 7.60. The van der Waals surface area contributed by atoms with Crippen LogP contribution in [0.25, 0.3) is 45.5 Å². The van der Waals surface area contributed by atoms with Crippen LogP contribution in [-0.2, 0) is 16.4 Å². The van der Waals surface area contributed by atoms with Crippen LogP contribution in [0.5, 0.6) is 0 Å². The predicted octanol–water partition coefficient (Wildman–Crippen LogP) is 15.9. The number of aryl methyl sites for hydroxylation is 4. The van der Waals surface area contributed by atoms with Gasteiger partial charge in [0.15, 0.2) is 0 Å². The van der Waals surface area contributed by atoms with Crippen LogP contribution in [0.15, 0.2) is 114 Å². The molecule has 0 saturated carbocycles. The predicted molar refractivity (Wildman–Crippen MR) is 282 cm³/mol. The summed E-state index contributed by atoms with van der Waals surface area (Å²) in [6.07, 6.45) is 11.6. The molecule has 0 bridgehead atoms. The van der Waals surface area contributed by atoms with Crippen LogP contribution in [0.3, 0.4) is 0 Å². The minimum absolute atomic E-state index is 0.0863. The molecular formula is C60H67Cl2SiZr. The first-order valence-corrected chi connectivity index (χ1v) is 36.1. The first-order valence-electron chi connectivity index (χ1n) is 24.3. The van der Waals surface area contributed by atoms with Crippen molar-refractivity contribution in [3.8, 4) is 33.4 Å². The molecule has 2 aliphatic carbocycles. The van der Waals surface area contributed by atoms with Gasteiger partial charge in [0, 0.05) is 0 Å². The molecule has 0 aromatic heterocycles. The van der Waals surface area contributed by atoms with Crippen LogP contribution in [0.1, 0.15) is 155 Å². The summed E-state index contributed by atoms with van der Waals surface area (Å²) in [6.45, 7) is 23.0. The second kappa shape index (κ2) is 17.6. The van der Waals surface area contributed by atoms with E-state index in [-0.39, 0.29) is 7.25 Å². The van der Waals surface area contributed by atoms with Crippen LogP contribution in [0, 0.1) is 27.7 Å². The fraction of sp³-hybridized carbons (Fsp3) is 0.333. The van der Waals surface area contributed by atoms with Gasteiger partial charge >= 0.3 is 399 Å². The Labute approximate surface area is 395 Å². The second-order valence-electron chi connectivity index (χ2n) is 20.5. The van der Waals surface area contributed by atoms with E-state index < -0.39 is 25.9 Å². The van der Waals surface area contributed by atoms with Gasteiger partial charge in [-0.3, -0.25) is 0 Å². The third-order valence-corrected chi connectivity index (χ3v) is 37.8. The van der Waals surface area contributed by atoms with Crippen LogP contribution in [0.2, 0.25) is 0 Å². The van der Waals surface area contributed by atoms with Gasteiger partial charge in [-0.25, -0.2) is 0 Å². The molecule has 6 aromatic rings. The SMILES string of the molecule is CCCCC1=Cc2c(ccc(C(C)C)c2-c2cc(C)cc(C)c2)[CH]1[Zr]([Cl])([Cl])([c]1cccc2c1[SiH2]c1ccccc1-2)[CH]1C(CCCC)=Cc2c1ccc(C(C)C)c2-c1cc(C)cc(C)c1. The molecule has 3 aliphatic rings. The fourth-order valence-corrected chi connectivity index (χ4v) is 40.4. The van der Waals surface area contributed by atoms with Crippen molar-refractivity contribution < 1.29 is 16.4 Å². The first kappa shape index (κ1) is 45.6. The molecule has 64 heavy (non-hydrogen) atoms. The van der Waals surface area contributed by atoms with E-state index in [0.717, 1.165) is 38.5 Å². The van der Waals surface area contributed by atoms with Crippen molar-refractivity contribution in [2.45, 2.75) is 127 Å². The summed E-state index contributed by atoms with van der Waals surface area (Å²) in [6, 6.07) is 40.4. The Bertz CT molecular complexity index is 2710. The van der Waals surface area contributed by atoms with Gasteiger partial charge in [0.1, 0.15) is 0 Å². The first-order chi connectivity index (χ1) is 30.6. The molecular weight excluding hydrogens is 911 g/mol. The minimum atomic E-state index is -5.73. The molecule has 1 heterocycles. The normalized spacial score (nSPS) is 17.3. The zero-order valence-electron chi connectivity index (χ0n) is 40.0. The van der Waals surface area contributed by atoms with Gasteiger partial charge in [0.2, 0.25) is 0 Å². The molecule has 0 saturated heterocycles. The Balaban J connectivity index is 1.41. The molecule has 0 nitrogen and oxygen atoms in total. The quantitative estimate of drug-likeness (QED) is 0.101. The number of unbranched alkanes of at least 4 members (excludes halogenated alkanes) is 2. The summed E-state index contributed by atoms with van der Waals surface area (Å²) in [5.41, 5.74) is 24.4. The Morgan fingerprint density at radius 2 is 1.00 bits per heavy atom. The summed E-state index contributed by atoms with van der Waals surface area (Å²) >= 11 is -5.73. The van der Waals surface area contributed by atoms with Crippen molar-refractivity contribution >= 4 is 52.3 Å². The molecule has 6 aromatic carbocycles. The van der Waals surface area contributed by atoms with Crippen LogP contribution in [0.4, 0.5) is 0 Å². The molecule has 2 atom stereocenters. The summed E-state index contributed by atoms with van der Waals surface area (Å²) in [5, 5.41) is 3.00. The van der Waals surface area contributed by atoms with Crippen molar-refractivity contribution in [2.24, 2.45) is 0 Å². The zero-order chi connectivity index (χ0) is 45.3. The van der Waals surface area contributed by atoms with Gasteiger partial charge in [-0.05, 0) is 0 Å². The molecule has 1 aliphatic heterocycles. The van der Waals surface area contributed by atoms with Gasteiger partial charge in [0.05, 0.1) is 0 Å². The van der Waals surface area contributed by atoms with Gasteiger partial charge in [-0.2, -0.15) is 0 Å². The maximum atomic E-state index is 9.58. The second-order valence-corrected chi connectivity index (χ2v) is 42.9. The molecule has 0 radical (unpaired) electrons. The Morgan fingerprint density at radius 3 is 1.45 bits per heavy atom. The zero-order valence-corrected chi connectivity index (χ0v) is 45.4. The van der Waals surface area contributed by atoms with Gasteiger partial charge in [-0.15, -0.1) is 0 Å². The number of fused-ring (bicyclic) bond motifs is 5. The van der Waals surface area contributed by atoms with E-state index in [1.165, 1.54) is 114 Å². The Morgan fingerprint density at radius 1 is 0.547 bits per heavy atom. The molecule has 9 rings (SSSR count). The van der Waals surface area contributed by atoms with Crippen molar-refractivity contribution in [3.63, 3.8) is 0 Å². The van der Waals surface area contributed by atoms with Gasteiger partial charge < -0.3 is 0 Å². The average Bonchev–Trinajstić information content (AvgIpc) is 3.95. The maximum absolute atomic E-state index is 9.58. The standard InChI is InChI=1S/2C24H29.C12H9Si.2ClH.Zr/c2*1-6-7-8-19-14-20-9-10-22(16(2)3)24(23(20)15-19)21-12-17(4)11-18(5)13-21;1-3-7-11-9(5-1)10-6-2-4-8-12(10)13-11;;;/h2*9-16H,6-8H2,1-5H3;1-7H,13H2;2*1H;/q;;;;;+2/p-2. The molecule has 0 amide bonds. The Hall–Kier alpha value is -3.52. The van der Waals surface area contributed by atoms with E-state index in [1.807, 2.05) is 0 Å². The van der Waals surface area contributed by atoms with Crippen LogP contribution < -0.4 is 13.6 Å². The van der Waals surface area contributed by atoms with Gasteiger partial charge in [0.25, 0.3) is 0 Å². The van der Waals surface area contributed by atoms with E-state index in [0.29, 0.717) is 11.8 Å². The van der Waals surface area contributed by atoms with E-state index in [2.05, 4.69) is 185 Å². The molecule has 329 valence electrons. The number of benzene rings is 6. The fourth-order valence-electron chi connectivity index (χ4n) is 12.4. The molecule has 0 spiro atoms. The summed E-state index contributed by atoms with van der Waals surface area (Å²) in [7, 11) is 18.3. The van der Waals surface area contributed by atoms with E-state index >= 15 is 0 Å². The molecule has 4 heteroatoms. The van der Waals surface area contributed by atoms with Gasteiger partial charge in [-0.1, -0.05) is 0 Å². The number of rotatable bonds is 13. The number of allylic oxidation sites excluding steroid dienone is 2. The molecule has 0 fully saturated rings. The number of hydrogen-bond donors (Lipinski definition) is 0. The summed E-state index contributed by atoms with van der Waals surface area (Å²) in [4.78, 5) is 0. The van der Waals surface area contributed by atoms with E-state index in [4.69, 9.17) is 0 Å². The molecule has 2 unspecified atom stereocenters. The van der Waals surface area contributed by atoms with Crippen molar-refractivity contribution in [1.29, 1.82) is 0 Å². The van der Waals surface area contributed by atoms with E-state index in [9.17, 15) is 17.0 Å². The van der Waals surface area contributed by atoms with Crippen molar-refractivity contribution in [3.05, 3.63) is 170 Å². The van der Waals surface area contributed by atoms with Crippen LogP contribution in [-0.4, -0.2) is 9.52 Å². The van der Waals surface area contributed by atoms with Crippen LogP contribution >= 0.6 is 17.0 Å². The summed E-state index contributed by atoms with van der Waals surface area (Å²) < 4.78 is 1.15. The van der Waals surface area contributed by atoms with E-state index in [1.54, 1.807) is 0 Å². The van der Waals surface area contributed by atoms with Crippen molar-refractivity contribution in [1.82, 2.24) is 0 Å². The number of halogens is 2. The van der Waals surface area contributed by atoms with Crippen molar-refractivity contribution in [2.75, 3.05) is 0 Å².